The van der Waals surface area contributed by atoms with Gasteiger partial charge in [0.2, 0.25) is 0 Å². The van der Waals surface area contributed by atoms with Crippen molar-refractivity contribution >= 4 is 56.0 Å². The number of hydrogen-bond donors (Lipinski definition) is 0. The average molecular weight is 1060 g/mol. The topological polar surface area (TPSA) is 0 Å². The van der Waals surface area contributed by atoms with E-state index >= 15 is 0 Å². The van der Waals surface area contributed by atoms with Gasteiger partial charge in [-0.1, -0.05) is 218 Å². The van der Waals surface area contributed by atoms with Crippen LogP contribution in [-0.2, 0) is 25.7 Å². The van der Waals surface area contributed by atoms with E-state index in [4.69, 9.17) is 0 Å². The maximum atomic E-state index is 13.7. The lowest BCUT2D eigenvalue weighted by atomic mass is 9.13. The van der Waals surface area contributed by atoms with Crippen LogP contribution < -0.4 is 43.7 Å². The van der Waals surface area contributed by atoms with Crippen LogP contribution in [-0.4, -0.2) is 12.3 Å². The van der Waals surface area contributed by atoms with Crippen LogP contribution in [0.5, 0.6) is 0 Å². The first kappa shape index (κ1) is 49.5. The van der Waals surface area contributed by atoms with E-state index in [2.05, 4.69) is 170 Å². The Morgan fingerprint density at radius 2 is 0.366 bits per heavy atom. The third-order valence-corrected chi connectivity index (χ3v) is 18.8. The summed E-state index contributed by atoms with van der Waals surface area (Å²) in [6.07, 6.45) is 0.379. The molecule has 0 saturated heterocycles. The van der Waals surface area contributed by atoms with Crippen LogP contribution >= 0.6 is 0 Å². The highest BCUT2D eigenvalue weighted by Gasteiger charge is 2.37. The van der Waals surface area contributed by atoms with Gasteiger partial charge in [0, 0.05) is 0 Å². The zero-order valence-electron chi connectivity index (χ0n) is 44.9. The summed E-state index contributed by atoms with van der Waals surface area (Å²) in [6, 6.07) is 90.1. The molecule has 0 unspecified atom stereocenters. The van der Waals surface area contributed by atoms with Crippen molar-refractivity contribution < 1.29 is 17.6 Å². The third kappa shape index (κ3) is 7.98. The quantitative estimate of drug-likeness (QED) is 0.105. The van der Waals surface area contributed by atoms with E-state index in [0.29, 0.717) is 0 Å². The van der Waals surface area contributed by atoms with E-state index in [1.54, 1.807) is 48.5 Å². The average Bonchev–Trinajstić information content (AvgIpc) is 2.14. The standard InChI is InChI=1S/C52H36B.C24H16BF4/c1-5-13-45-33(9-1)25-37-17-21-41(29-49(37)45)53(42-22-18-38-26-34-10-2-6-14-46(34)50(38)30-42,43-23-19-39-27-35-11-3-7-15-47(35)51(39)31-43)44-24-20-40-28-36-12-4-8-16-48(36)52(40)32-44;26-21-9-1-17(2-10-21)25(18-3-11-22(27)12-4-18,19-5-13-23(28)14-6-19)20-7-15-24(29)16-8-20/h1-24,29-32H,25-28H2;1-16H/q2*-1. The highest BCUT2D eigenvalue weighted by atomic mass is 19.1. The van der Waals surface area contributed by atoms with Crippen LogP contribution in [0.4, 0.5) is 17.6 Å². The SMILES string of the molecule is Fc1ccc([B-](c2ccc(F)cc2)(c2ccc(F)cc2)c2ccc(F)cc2)cc1.c1ccc2c(c1)Cc1ccc([B-](c3ccc4c(c3)-c3ccccc3C4)(c3ccc4c(c3)-c3ccccc3C4)c3ccc4c(c3)-c3ccccc3C4)cc1-2. The van der Waals surface area contributed by atoms with E-state index < -0.39 is 35.6 Å². The second-order valence-corrected chi connectivity index (χ2v) is 22.9. The summed E-state index contributed by atoms with van der Waals surface area (Å²) in [4.78, 5) is 0. The smallest absolute Gasteiger partial charge is 0.122 e. The summed E-state index contributed by atoms with van der Waals surface area (Å²) >= 11 is 0. The molecule has 4 aliphatic rings. The fourth-order valence-corrected chi connectivity index (χ4v) is 15.0. The van der Waals surface area contributed by atoms with Crippen molar-refractivity contribution in [2.24, 2.45) is 0 Å². The molecule has 0 nitrogen and oxygen atoms in total. The van der Waals surface area contributed by atoms with Gasteiger partial charge in [-0.2, -0.15) is 43.7 Å². The molecule has 6 heteroatoms. The normalized spacial score (nSPS) is 12.9. The van der Waals surface area contributed by atoms with Crippen LogP contribution in [0.15, 0.2) is 267 Å². The molecule has 0 fully saturated rings. The lowest BCUT2D eigenvalue weighted by molar-refractivity contribution is 0.628. The molecule has 0 heterocycles. The van der Waals surface area contributed by atoms with E-state index in [1.165, 1.54) is 159 Å². The first-order chi connectivity index (χ1) is 40.2. The van der Waals surface area contributed by atoms with Crippen molar-refractivity contribution in [3.63, 3.8) is 0 Å². The van der Waals surface area contributed by atoms with Gasteiger partial charge in [0.1, 0.15) is 35.6 Å². The van der Waals surface area contributed by atoms with Gasteiger partial charge in [0.25, 0.3) is 0 Å². The van der Waals surface area contributed by atoms with Crippen LogP contribution in [0.1, 0.15) is 44.5 Å². The summed E-state index contributed by atoms with van der Waals surface area (Å²) < 4.78 is 54.8. The molecule has 0 spiro atoms. The molecule has 0 radical (unpaired) electrons. The lowest BCUT2D eigenvalue weighted by Crippen LogP contribution is -2.75. The molecule has 0 atom stereocenters. The van der Waals surface area contributed by atoms with Crippen molar-refractivity contribution in [1.82, 2.24) is 0 Å². The first-order valence-electron chi connectivity index (χ1n) is 28.4. The monoisotopic (exact) mass is 1060 g/mol. The van der Waals surface area contributed by atoms with Gasteiger partial charge in [-0.05, 0) is 163 Å². The molecule has 0 aromatic heterocycles. The number of halogens is 4. The number of benzene rings is 12. The molecule has 12 aromatic carbocycles. The predicted molar refractivity (Wildman–Crippen MR) is 333 cm³/mol. The fourth-order valence-electron chi connectivity index (χ4n) is 15.0. The number of fused-ring (bicyclic) bond motifs is 12. The second-order valence-electron chi connectivity index (χ2n) is 22.9. The third-order valence-electron chi connectivity index (χ3n) is 18.8. The van der Waals surface area contributed by atoms with Gasteiger partial charge < -0.3 is 0 Å². The van der Waals surface area contributed by atoms with Crippen LogP contribution in [0.3, 0.4) is 0 Å². The minimum Gasteiger partial charge on any atom is -0.207 e. The Morgan fingerprint density at radius 1 is 0.183 bits per heavy atom. The Morgan fingerprint density at radius 3 is 0.598 bits per heavy atom. The van der Waals surface area contributed by atoms with Gasteiger partial charge in [0.15, 0.2) is 0 Å². The second kappa shape index (κ2) is 19.6. The lowest BCUT2D eigenvalue weighted by Gasteiger charge is -2.45. The molecule has 16 rings (SSSR count). The van der Waals surface area contributed by atoms with Gasteiger partial charge in [-0.15, -0.1) is 0 Å². The molecular formula is C76H52B2F4-2. The molecule has 0 amide bonds. The van der Waals surface area contributed by atoms with Gasteiger partial charge in [-0.25, -0.2) is 17.6 Å². The molecule has 0 saturated carbocycles. The van der Waals surface area contributed by atoms with Crippen molar-refractivity contribution in [2.75, 3.05) is 0 Å². The summed E-state index contributed by atoms with van der Waals surface area (Å²) in [5.74, 6) is -1.57. The molecular weight excluding hydrogens is 1010 g/mol. The van der Waals surface area contributed by atoms with E-state index in [1.807, 2.05) is 0 Å². The number of rotatable bonds is 8. The minimum atomic E-state index is -1.94. The minimum absolute atomic E-state index is 0.393. The Hall–Kier alpha value is -9.51. The van der Waals surface area contributed by atoms with Gasteiger partial charge >= 0.3 is 0 Å². The maximum Gasteiger partial charge on any atom is 0.122 e. The molecule has 0 bridgehead atoms. The van der Waals surface area contributed by atoms with Crippen molar-refractivity contribution in [3.8, 4) is 44.5 Å². The molecule has 0 N–H and O–H groups in total. The van der Waals surface area contributed by atoms with Gasteiger partial charge in [-0.3, -0.25) is 0 Å². The molecule has 12 aromatic rings. The summed E-state index contributed by atoms with van der Waals surface area (Å²) in [7, 11) is 0. The Bertz CT molecular complexity index is 3910. The zero-order chi connectivity index (χ0) is 55.1. The highest BCUT2D eigenvalue weighted by Crippen LogP contribution is 2.41. The summed E-state index contributed by atoms with van der Waals surface area (Å²) in [5, 5.41) is 0. The van der Waals surface area contributed by atoms with E-state index in [9.17, 15) is 17.6 Å². The summed E-state index contributed by atoms with van der Waals surface area (Å²) in [6.45, 7) is 0. The molecule has 0 aliphatic heterocycles. The van der Waals surface area contributed by atoms with Crippen LogP contribution in [0, 0.1) is 23.3 Å². The maximum absolute atomic E-state index is 13.7. The highest BCUT2D eigenvalue weighted by molar-refractivity contribution is 7.20. The Labute approximate surface area is 475 Å². The van der Waals surface area contributed by atoms with Crippen molar-refractivity contribution in [2.45, 2.75) is 25.7 Å². The van der Waals surface area contributed by atoms with E-state index in [0.717, 1.165) is 47.5 Å². The van der Waals surface area contributed by atoms with Crippen molar-refractivity contribution in [1.29, 1.82) is 0 Å². The Kier molecular flexibility index (Phi) is 11.9. The fraction of sp³-hybridized carbons (Fsp3) is 0.0526. The number of hydrogen-bond acceptors (Lipinski definition) is 0. The van der Waals surface area contributed by atoms with E-state index in [-0.39, 0.29) is 0 Å². The van der Waals surface area contributed by atoms with Crippen LogP contribution in [0.2, 0.25) is 0 Å². The zero-order valence-corrected chi connectivity index (χ0v) is 44.9. The predicted octanol–water partition coefficient (Wildman–Crippen LogP) is 13.0. The Balaban J connectivity index is 0.000000169. The first-order valence-corrected chi connectivity index (χ1v) is 28.4. The largest absolute Gasteiger partial charge is 0.207 e. The van der Waals surface area contributed by atoms with Gasteiger partial charge in [0.05, 0.1) is 0 Å². The van der Waals surface area contributed by atoms with Crippen molar-refractivity contribution in [3.05, 3.63) is 335 Å². The summed E-state index contributed by atoms with van der Waals surface area (Å²) in [5.41, 5.74) is 30.9. The van der Waals surface area contributed by atoms with Crippen LogP contribution in [0.25, 0.3) is 44.5 Å². The molecule has 4 aliphatic carbocycles. The molecule has 82 heavy (non-hydrogen) atoms. The molecule has 392 valence electrons.